The Morgan fingerprint density at radius 1 is 1.00 bits per heavy atom. The average Bonchev–Trinajstić information content (AvgIpc) is 2.72. The first kappa shape index (κ1) is 28.7. The molecule has 0 bridgehead atoms. The number of rotatable bonds is 10. The van der Waals surface area contributed by atoms with Crippen LogP contribution in [0.2, 0.25) is 0 Å². The molecule has 0 aliphatic heterocycles. The van der Waals surface area contributed by atoms with Crippen LogP contribution in [0.15, 0.2) is 0 Å². The lowest BCUT2D eigenvalue weighted by Gasteiger charge is -2.30. The van der Waals surface area contributed by atoms with Gasteiger partial charge in [-0.3, -0.25) is 9.59 Å². The Labute approximate surface area is 196 Å². The third kappa shape index (κ3) is 9.98. The highest BCUT2D eigenvalue weighted by molar-refractivity contribution is 5.86. The number of aliphatic hydroxyl groups excluding tert-OH is 1. The molecule has 190 valence electrons. The number of carboxylic acids is 1. The van der Waals surface area contributed by atoms with E-state index in [1.54, 1.807) is 20.8 Å². The molecule has 5 N–H and O–H groups in total. The molecule has 0 spiro atoms. The summed E-state index contributed by atoms with van der Waals surface area (Å²) in [5.74, 6) is -2.12. The minimum atomic E-state index is -1.33. The van der Waals surface area contributed by atoms with Crippen LogP contribution in [0.1, 0.15) is 73.6 Å². The van der Waals surface area contributed by atoms with Crippen molar-refractivity contribution in [3.05, 3.63) is 0 Å². The van der Waals surface area contributed by atoms with Crippen LogP contribution >= 0.6 is 0 Å². The standard InChI is InChI=1S/C23H41N3O7/c1-7-13(2)17(26-22(32)33-23(4,5)6)20(29)24-12-15-8-10-16(11-9-15)19(28)25-18(14(3)27)21(30)31/h13-18,27H,7-12H2,1-6H3,(H,24,29)(H,25,28)(H,26,32)(H,30,31)/t13-,14+,15?,16?,17+,18-/m1/s1. The molecule has 0 heterocycles. The van der Waals surface area contributed by atoms with Gasteiger partial charge in [0.1, 0.15) is 11.6 Å². The second-order valence-corrected chi connectivity index (χ2v) is 10.0. The van der Waals surface area contributed by atoms with Gasteiger partial charge >= 0.3 is 12.1 Å². The third-order valence-electron chi connectivity index (χ3n) is 6.00. The lowest BCUT2D eigenvalue weighted by Crippen LogP contribution is -2.52. The van der Waals surface area contributed by atoms with Crippen molar-refractivity contribution in [1.82, 2.24) is 16.0 Å². The van der Waals surface area contributed by atoms with Crippen LogP contribution in [-0.2, 0) is 19.1 Å². The quantitative estimate of drug-likeness (QED) is 0.325. The van der Waals surface area contributed by atoms with E-state index < -0.39 is 35.9 Å². The van der Waals surface area contributed by atoms with Crippen molar-refractivity contribution in [3.63, 3.8) is 0 Å². The van der Waals surface area contributed by atoms with Crippen LogP contribution < -0.4 is 16.0 Å². The minimum absolute atomic E-state index is 0.0759. The maximum Gasteiger partial charge on any atom is 0.408 e. The summed E-state index contributed by atoms with van der Waals surface area (Å²) in [6, 6.07) is -2.04. The van der Waals surface area contributed by atoms with E-state index in [1.165, 1.54) is 6.92 Å². The summed E-state index contributed by atoms with van der Waals surface area (Å²) in [6.07, 6.45) is 1.44. The van der Waals surface area contributed by atoms with Crippen LogP contribution in [0.5, 0.6) is 0 Å². The molecule has 10 nitrogen and oxygen atoms in total. The topological polar surface area (TPSA) is 154 Å². The Morgan fingerprint density at radius 3 is 2.03 bits per heavy atom. The molecule has 0 aromatic carbocycles. The summed E-state index contributed by atoms with van der Waals surface area (Å²) in [5, 5.41) is 26.7. The molecule has 1 aliphatic carbocycles. The highest BCUT2D eigenvalue weighted by Gasteiger charge is 2.32. The van der Waals surface area contributed by atoms with Crippen molar-refractivity contribution < 1.29 is 34.1 Å². The van der Waals surface area contributed by atoms with Crippen molar-refractivity contribution in [1.29, 1.82) is 0 Å². The summed E-state index contributed by atoms with van der Waals surface area (Å²) < 4.78 is 5.28. The van der Waals surface area contributed by atoms with E-state index in [9.17, 15) is 24.3 Å². The summed E-state index contributed by atoms with van der Waals surface area (Å²) in [7, 11) is 0. The summed E-state index contributed by atoms with van der Waals surface area (Å²) >= 11 is 0. The number of amides is 3. The zero-order valence-electron chi connectivity index (χ0n) is 20.6. The van der Waals surface area contributed by atoms with Crippen molar-refractivity contribution in [3.8, 4) is 0 Å². The van der Waals surface area contributed by atoms with Gasteiger partial charge in [0.25, 0.3) is 0 Å². The SMILES string of the molecule is CC[C@@H](C)[C@H](NC(=O)OC(C)(C)C)C(=O)NCC1CCC(C(=O)N[C@@H](C(=O)O)[C@H](C)O)CC1. The van der Waals surface area contributed by atoms with Gasteiger partial charge in [-0.05, 0) is 65.2 Å². The molecule has 1 rings (SSSR count). The number of aliphatic hydroxyl groups is 1. The van der Waals surface area contributed by atoms with Crippen LogP contribution in [0, 0.1) is 17.8 Å². The van der Waals surface area contributed by atoms with Crippen LogP contribution in [0.25, 0.3) is 0 Å². The van der Waals surface area contributed by atoms with E-state index in [0.29, 0.717) is 38.6 Å². The Bertz CT molecular complexity index is 682. The molecule has 0 radical (unpaired) electrons. The van der Waals surface area contributed by atoms with Gasteiger partial charge in [-0.1, -0.05) is 20.3 Å². The zero-order valence-corrected chi connectivity index (χ0v) is 20.6. The molecule has 1 saturated carbocycles. The molecular weight excluding hydrogens is 430 g/mol. The fraction of sp³-hybridized carbons (Fsp3) is 0.826. The molecule has 0 aromatic rings. The van der Waals surface area contributed by atoms with Gasteiger partial charge in [-0.25, -0.2) is 9.59 Å². The molecule has 0 unspecified atom stereocenters. The number of nitrogens with one attached hydrogen (secondary N) is 3. The largest absolute Gasteiger partial charge is 0.480 e. The summed E-state index contributed by atoms with van der Waals surface area (Å²) in [6.45, 7) is 10.9. The normalized spacial score (nSPS) is 22.3. The molecular formula is C23H41N3O7. The minimum Gasteiger partial charge on any atom is -0.480 e. The van der Waals surface area contributed by atoms with Gasteiger partial charge in [0, 0.05) is 12.5 Å². The Kier molecular flexibility index (Phi) is 11.1. The van der Waals surface area contributed by atoms with E-state index in [2.05, 4.69) is 16.0 Å². The number of hydrogen-bond acceptors (Lipinski definition) is 6. The number of hydrogen-bond donors (Lipinski definition) is 5. The van der Waals surface area contributed by atoms with E-state index in [1.807, 2.05) is 13.8 Å². The summed E-state index contributed by atoms with van der Waals surface area (Å²) in [4.78, 5) is 48.5. The molecule has 0 saturated heterocycles. The highest BCUT2D eigenvalue weighted by atomic mass is 16.6. The van der Waals surface area contributed by atoms with Gasteiger partial charge in [0.15, 0.2) is 6.04 Å². The van der Waals surface area contributed by atoms with Crippen molar-refractivity contribution in [2.75, 3.05) is 6.54 Å². The Morgan fingerprint density at radius 2 is 1.58 bits per heavy atom. The van der Waals surface area contributed by atoms with Crippen LogP contribution in [0.3, 0.4) is 0 Å². The first-order valence-corrected chi connectivity index (χ1v) is 11.7. The van der Waals surface area contributed by atoms with Crippen LogP contribution in [0.4, 0.5) is 4.79 Å². The molecule has 10 heteroatoms. The maximum atomic E-state index is 12.8. The number of aliphatic carboxylic acids is 1. The molecule has 3 amide bonds. The molecule has 1 aliphatic rings. The zero-order chi connectivity index (χ0) is 25.3. The number of carboxylic acid groups (broad SMARTS) is 1. The lowest BCUT2D eigenvalue weighted by molar-refractivity contribution is -0.145. The Hall–Kier alpha value is -2.36. The first-order chi connectivity index (χ1) is 15.2. The fourth-order valence-electron chi connectivity index (χ4n) is 3.78. The predicted molar refractivity (Wildman–Crippen MR) is 122 cm³/mol. The number of ether oxygens (including phenoxy) is 1. The third-order valence-corrected chi connectivity index (χ3v) is 6.00. The summed E-state index contributed by atoms with van der Waals surface area (Å²) in [5.41, 5.74) is -0.662. The maximum absolute atomic E-state index is 12.8. The smallest absolute Gasteiger partial charge is 0.408 e. The first-order valence-electron chi connectivity index (χ1n) is 11.7. The van der Waals surface area contributed by atoms with Gasteiger partial charge < -0.3 is 30.9 Å². The van der Waals surface area contributed by atoms with Gasteiger partial charge in [-0.2, -0.15) is 0 Å². The van der Waals surface area contributed by atoms with Crippen molar-refractivity contribution in [2.24, 2.45) is 17.8 Å². The Balaban J connectivity index is 2.55. The average molecular weight is 472 g/mol. The predicted octanol–water partition coefficient (Wildman–Crippen LogP) is 1.80. The number of carbonyl (C=O) groups excluding carboxylic acids is 3. The molecule has 33 heavy (non-hydrogen) atoms. The van der Waals surface area contributed by atoms with E-state index >= 15 is 0 Å². The lowest BCUT2D eigenvalue weighted by atomic mass is 9.81. The van der Waals surface area contributed by atoms with E-state index in [0.717, 1.165) is 0 Å². The van der Waals surface area contributed by atoms with E-state index in [-0.39, 0.29) is 29.6 Å². The second-order valence-electron chi connectivity index (χ2n) is 10.0. The van der Waals surface area contributed by atoms with Crippen molar-refractivity contribution >= 4 is 23.9 Å². The van der Waals surface area contributed by atoms with E-state index in [4.69, 9.17) is 9.84 Å². The highest BCUT2D eigenvalue weighted by Crippen LogP contribution is 2.28. The van der Waals surface area contributed by atoms with Gasteiger partial charge in [0.05, 0.1) is 6.10 Å². The number of carbonyl (C=O) groups is 4. The molecule has 0 aromatic heterocycles. The van der Waals surface area contributed by atoms with Crippen molar-refractivity contribution in [2.45, 2.75) is 97.4 Å². The monoisotopic (exact) mass is 471 g/mol. The molecule has 4 atom stereocenters. The van der Waals surface area contributed by atoms with Gasteiger partial charge in [0.2, 0.25) is 11.8 Å². The second kappa shape index (κ2) is 12.8. The van der Waals surface area contributed by atoms with Gasteiger partial charge in [-0.15, -0.1) is 0 Å². The van der Waals surface area contributed by atoms with Crippen LogP contribution in [-0.4, -0.2) is 64.4 Å². The fourth-order valence-corrected chi connectivity index (χ4v) is 3.78. The molecule has 1 fully saturated rings. The number of alkyl carbamates (subject to hydrolysis) is 1.